The molecule has 0 bridgehead atoms. The van der Waals surface area contributed by atoms with E-state index in [1.54, 1.807) is 11.9 Å². The second-order valence-electron chi connectivity index (χ2n) is 4.12. The van der Waals surface area contributed by atoms with Crippen LogP contribution in [-0.4, -0.2) is 54.4 Å². The Morgan fingerprint density at radius 2 is 1.94 bits per heavy atom. The van der Waals surface area contributed by atoms with Gasteiger partial charge in [-0.1, -0.05) is 25.6 Å². The van der Waals surface area contributed by atoms with Crippen LogP contribution in [0.2, 0.25) is 0 Å². The summed E-state index contributed by atoms with van der Waals surface area (Å²) < 4.78 is 0. The summed E-state index contributed by atoms with van der Waals surface area (Å²) >= 11 is 4.78. The lowest BCUT2D eigenvalue weighted by Gasteiger charge is -2.21. The zero-order valence-electron chi connectivity index (χ0n) is 10.5. The smallest absolute Gasteiger partial charge is 0.236 e. The van der Waals surface area contributed by atoms with Crippen LogP contribution in [0.1, 0.15) is 26.2 Å². The molecule has 0 spiro atoms. The molecule has 0 heterocycles. The Hall–Kier alpha value is -0.680. The second-order valence-corrected chi connectivity index (χ2v) is 4.65. The zero-order chi connectivity index (χ0) is 12.6. The zero-order valence-corrected chi connectivity index (χ0v) is 11.3. The molecule has 94 valence electrons. The molecular formula is C11H23N3OS. The molecule has 1 amide bonds. The van der Waals surface area contributed by atoms with Crippen molar-refractivity contribution in [3.05, 3.63) is 0 Å². The minimum atomic E-state index is 0.120. The lowest BCUT2D eigenvalue weighted by atomic mass is 10.3. The van der Waals surface area contributed by atoms with Crippen molar-refractivity contribution in [2.75, 3.05) is 33.7 Å². The molecule has 0 aliphatic carbocycles. The topological polar surface area (TPSA) is 49.6 Å². The maximum atomic E-state index is 11.7. The predicted octanol–water partition coefficient (Wildman–Crippen LogP) is 0.853. The minimum Gasteiger partial charge on any atom is -0.393 e. The number of nitrogens with two attached hydrogens (primary N) is 1. The van der Waals surface area contributed by atoms with Crippen LogP contribution in [0.4, 0.5) is 0 Å². The first kappa shape index (κ1) is 15.3. The van der Waals surface area contributed by atoms with Crippen LogP contribution in [0.3, 0.4) is 0 Å². The Kier molecular flexibility index (Phi) is 8.11. The van der Waals surface area contributed by atoms with Crippen LogP contribution in [-0.2, 0) is 4.79 Å². The summed E-state index contributed by atoms with van der Waals surface area (Å²) in [6.45, 7) is 4.18. The average molecular weight is 245 g/mol. The molecule has 4 nitrogen and oxygen atoms in total. The van der Waals surface area contributed by atoms with E-state index < -0.39 is 0 Å². The number of rotatable bonds is 8. The molecule has 0 rings (SSSR count). The molecule has 0 unspecified atom stereocenters. The van der Waals surface area contributed by atoms with Crippen molar-refractivity contribution in [2.45, 2.75) is 26.2 Å². The number of carbonyl (C=O) groups is 1. The molecule has 0 saturated carbocycles. The van der Waals surface area contributed by atoms with E-state index >= 15 is 0 Å². The monoisotopic (exact) mass is 245 g/mol. The number of nitrogens with zero attached hydrogens (tertiary/aromatic N) is 2. The maximum Gasteiger partial charge on any atom is 0.236 e. The van der Waals surface area contributed by atoms with Gasteiger partial charge in [0.15, 0.2) is 0 Å². The Labute approximate surface area is 104 Å². The van der Waals surface area contributed by atoms with E-state index in [0.29, 0.717) is 24.5 Å². The van der Waals surface area contributed by atoms with Gasteiger partial charge in [-0.15, -0.1) is 0 Å². The summed E-state index contributed by atoms with van der Waals surface area (Å²) in [5.74, 6) is 0.120. The summed E-state index contributed by atoms with van der Waals surface area (Å²) in [6, 6.07) is 0. The first-order valence-electron chi connectivity index (χ1n) is 5.68. The van der Waals surface area contributed by atoms with Crippen LogP contribution in [0.5, 0.6) is 0 Å². The van der Waals surface area contributed by atoms with Crippen LogP contribution in [0.25, 0.3) is 0 Å². The van der Waals surface area contributed by atoms with E-state index in [-0.39, 0.29) is 5.91 Å². The van der Waals surface area contributed by atoms with Crippen LogP contribution >= 0.6 is 12.2 Å². The molecule has 2 N–H and O–H groups in total. The van der Waals surface area contributed by atoms with Crippen molar-refractivity contribution in [1.29, 1.82) is 0 Å². The van der Waals surface area contributed by atoms with Gasteiger partial charge in [0.2, 0.25) is 5.91 Å². The molecule has 0 aromatic carbocycles. The fourth-order valence-electron chi connectivity index (χ4n) is 1.26. The predicted molar refractivity (Wildman–Crippen MR) is 71.4 cm³/mol. The first-order chi connectivity index (χ1) is 7.47. The number of likely N-dealkylation sites (N-methyl/N-ethyl adjacent to an activating group) is 2. The summed E-state index contributed by atoms with van der Waals surface area (Å²) in [4.78, 5) is 15.9. The summed E-state index contributed by atoms with van der Waals surface area (Å²) in [7, 11) is 3.75. The largest absolute Gasteiger partial charge is 0.393 e. The summed E-state index contributed by atoms with van der Waals surface area (Å²) in [6.07, 6.45) is 2.87. The molecule has 0 radical (unpaired) electrons. The quantitative estimate of drug-likeness (QED) is 0.644. The highest BCUT2D eigenvalue weighted by atomic mass is 32.1. The van der Waals surface area contributed by atoms with Crippen molar-refractivity contribution in [2.24, 2.45) is 5.73 Å². The van der Waals surface area contributed by atoms with Crippen molar-refractivity contribution in [3.8, 4) is 0 Å². The van der Waals surface area contributed by atoms with Crippen molar-refractivity contribution in [3.63, 3.8) is 0 Å². The third-order valence-electron chi connectivity index (χ3n) is 2.42. The third kappa shape index (κ3) is 7.59. The third-order valence-corrected chi connectivity index (χ3v) is 2.62. The van der Waals surface area contributed by atoms with E-state index in [1.807, 2.05) is 11.9 Å². The van der Waals surface area contributed by atoms with E-state index in [9.17, 15) is 4.79 Å². The van der Waals surface area contributed by atoms with Gasteiger partial charge in [0, 0.05) is 20.0 Å². The van der Waals surface area contributed by atoms with Gasteiger partial charge in [-0.3, -0.25) is 9.69 Å². The molecule has 0 aliphatic rings. The first-order valence-corrected chi connectivity index (χ1v) is 6.09. The molecule has 0 atom stereocenters. The van der Waals surface area contributed by atoms with Gasteiger partial charge < -0.3 is 10.6 Å². The van der Waals surface area contributed by atoms with Gasteiger partial charge in [0.25, 0.3) is 0 Å². The Balaban J connectivity index is 3.81. The Bertz CT molecular complexity index is 233. The molecule has 16 heavy (non-hydrogen) atoms. The van der Waals surface area contributed by atoms with E-state index in [0.717, 1.165) is 19.4 Å². The fraction of sp³-hybridized carbons (Fsp3) is 0.818. The van der Waals surface area contributed by atoms with Crippen molar-refractivity contribution >= 4 is 23.1 Å². The summed E-state index contributed by atoms with van der Waals surface area (Å²) in [5, 5.41) is 0. The molecule has 0 aromatic heterocycles. The molecular weight excluding hydrogens is 222 g/mol. The van der Waals surface area contributed by atoms with Gasteiger partial charge in [-0.2, -0.15) is 0 Å². The Morgan fingerprint density at radius 1 is 1.31 bits per heavy atom. The van der Waals surface area contributed by atoms with Crippen molar-refractivity contribution < 1.29 is 4.79 Å². The average Bonchev–Trinajstić information content (AvgIpc) is 2.22. The van der Waals surface area contributed by atoms with Gasteiger partial charge in [-0.25, -0.2) is 0 Å². The van der Waals surface area contributed by atoms with Gasteiger partial charge in [0.1, 0.15) is 0 Å². The number of amides is 1. The van der Waals surface area contributed by atoms with Gasteiger partial charge in [0.05, 0.1) is 11.5 Å². The lowest BCUT2D eigenvalue weighted by molar-refractivity contribution is -0.130. The van der Waals surface area contributed by atoms with Crippen LogP contribution < -0.4 is 5.73 Å². The minimum absolute atomic E-state index is 0.120. The molecule has 0 aromatic rings. The van der Waals surface area contributed by atoms with Crippen LogP contribution in [0.15, 0.2) is 0 Å². The standard InChI is InChI=1S/C11H23N3OS/c1-4-5-7-13(2)9-11(15)14(3)8-6-10(12)16/h4-9H2,1-3H3,(H2,12,16). The lowest BCUT2D eigenvalue weighted by Crippen LogP contribution is -2.38. The highest BCUT2D eigenvalue weighted by molar-refractivity contribution is 7.80. The summed E-state index contributed by atoms with van der Waals surface area (Å²) in [5.41, 5.74) is 5.39. The van der Waals surface area contributed by atoms with Crippen LogP contribution in [0, 0.1) is 0 Å². The fourth-order valence-corrected chi connectivity index (χ4v) is 1.35. The highest BCUT2D eigenvalue weighted by Crippen LogP contribution is 1.95. The number of carbonyl (C=O) groups excluding carboxylic acids is 1. The van der Waals surface area contributed by atoms with E-state index in [2.05, 4.69) is 6.92 Å². The normalized spacial score (nSPS) is 10.5. The SMILES string of the molecule is CCCCN(C)CC(=O)N(C)CCC(N)=S. The van der Waals surface area contributed by atoms with Gasteiger partial charge in [-0.05, 0) is 20.0 Å². The van der Waals surface area contributed by atoms with E-state index in [1.165, 1.54) is 0 Å². The van der Waals surface area contributed by atoms with Crippen molar-refractivity contribution in [1.82, 2.24) is 9.80 Å². The molecule has 0 fully saturated rings. The van der Waals surface area contributed by atoms with Gasteiger partial charge >= 0.3 is 0 Å². The highest BCUT2D eigenvalue weighted by Gasteiger charge is 2.11. The molecule has 0 aliphatic heterocycles. The second kappa shape index (κ2) is 8.47. The number of thiocarbonyl (C=S) groups is 1. The number of unbranched alkanes of at least 4 members (excludes halogenated alkanes) is 1. The maximum absolute atomic E-state index is 11.7. The Morgan fingerprint density at radius 3 is 2.44 bits per heavy atom. The van der Waals surface area contributed by atoms with E-state index in [4.69, 9.17) is 18.0 Å². The molecule has 0 saturated heterocycles. The number of hydrogen-bond donors (Lipinski definition) is 1. The molecule has 5 heteroatoms. The number of hydrogen-bond acceptors (Lipinski definition) is 3.